The Morgan fingerprint density at radius 2 is 1.54 bits per heavy atom. The van der Waals surface area contributed by atoms with Gasteiger partial charge in [0.05, 0.1) is 12.0 Å². The van der Waals surface area contributed by atoms with Crippen molar-refractivity contribution in [2.24, 2.45) is 17.8 Å². The highest BCUT2D eigenvalue weighted by molar-refractivity contribution is 5.30. The zero-order valence-corrected chi connectivity index (χ0v) is 22.2. The molecule has 0 amide bonds. The van der Waals surface area contributed by atoms with Gasteiger partial charge in [-0.05, 0) is 98.9 Å². The quantitative estimate of drug-likeness (QED) is 0.119. The number of allylic oxidation sites excluding steroid dienone is 1. The highest BCUT2D eigenvalue weighted by Gasteiger charge is 2.45. The summed E-state index contributed by atoms with van der Waals surface area (Å²) in [6.07, 6.45) is 7.33. The minimum Gasteiger partial charge on any atom is -0.432 e. The fourth-order valence-corrected chi connectivity index (χ4v) is 5.68. The number of unbranched alkanes of at least 4 members (excludes halogenated alkanes) is 1. The minimum atomic E-state index is -3.43. The van der Waals surface area contributed by atoms with E-state index in [2.05, 4.69) is 19.1 Å². The second kappa shape index (κ2) is 13.2. The van der Waals surface area contributed by atoms with Crippen molar-refractivity contribution in [1.82, 2.24) is 0 Å². The number of rotatable bonds is 11. The molecule has 2 nitrogen and oxygen atoms in total. The number of halogens is 6. The molecule has 2 aliphatic rings. The van der Waals surface area contributed by atoms with Crippen LogP contribution in [0.3, 0.4) is 0 Å². The van der Waals surface area contributed by atoms with Crippen molar-refractivity contribution in [2.45, 2.75) is 83.3 Å². The monoisotopic (exact) mass is 554 g/mol. The van der Waals surface area contributed by atoms with Gasteiger partial charge in [-0.3, -0.25) is 0 Å². The number of hydrogen-bond donors (Lipinski definition) is 0. The first-order valence-electron chi connectivity index (χ1n) is 13.9. The van der Waals surface area contributed by atoms with Crippen LogP contribution < -0.4 is 4.74 Å². The molecule has 0 aromatic heterocycles. The van der Waals surface area contributed by atoms with E-state index >= 15 is 0 Å². The topological polar surface area (TPSA) is 18.5 Å². The second-order valence-corrected chi connectivity index (χ2v) is 10.8. The lowest BCUT2D eigenvalue weighted by molar-refractivity contribution is -0.224. The van der Waals surface area contributed by atoms with Crippen LogP contribution in [0, 0.1) is 41.0 Å². The predicted octanol–water partition coefficient (Wildman–Crippen LogP) is 8.96. The van der Waals surface area contributed by atoms with Crippen LogP contribution in [0.1, 0.15) is 69.4 Å². The van der Waals surface area contributed by atoms with E-state index in [-0.39, 0.29) is 35.8 Å². The molecule has 0 spiro atoms. The van der Waals surface area contributed by atoms with E-state index in [1.165, 1.54) is 12.1 Å². The Kier molecular flexibility index (Phi) is 10.0. The van der Waals surface area contributed by atoms with Gasteiger partial charge in [-0.25, -0.2) is 17.6 Å². The molecular weight excluding hydrogens is 518 g/mol. The van der Waals surface area contributed by atoms with E-state index in [0.717, 1.165) is 50.5 Å². The average molecular weight is 555 g/mol. The van der Waals surface area contributed by atoms with Crippen LogP contribution in [0.25, 0.3) is 0 Å². The van der Waals surface area contributed by atoms with Gasteiger partial charge in [0.25, 0.3) is 0 Å². The molecule has 0 radical (unpaired) electrons. The minimum absolute atomic E-state index is 0.0490. The van der Waals surface area contributed by atoms with Crippen molar-refractivity contribution in [1.29, 1.82) is 0 Å². The largest absolute Gasteiger partial charge is 0.432 e. The first-order chi connectivity index (χ1) is 18.7. The van der Waals surface area contributed by atoms with E-state index < -0.39 is 35.3 Å². The standard InChI is InChI=1S/C31H36F6O2/c1-2-3-16-38-25-13-8-22(9-14-25)21-6-11-24(12-7-21)31(36,37)39-26-15-10-23(27(32)19-26)5-4-20-17-28(33)30(35)29(34)18-20/h8,10,13,15,17-19,21-22,24-25H,2-7,9,11-12,14,16H2,1H3. The van der Waals surface area contributed by atoms with Gasteiger partial charge in [0.1, 0.15) is 11.6 Å². The lowest BCUT2D eigenvalue weighted by Gasteiger charge is -2.37. The maximum atomic E-state index is 15.0. The van der Waals surface area contributed by atoms with E-state index in [4.69, 9.17) is 9.47 Å². The third-order valence-electron chi connectivity index (χ3n) is 8.04. The molecule has 8 heteroatoms. The summed E-state index contributed by atoms with van der Waals surface area (Å²) in [7, 11) is 0. The number of hydrogen-bond acceptors (Lipinski definition) is 2. The molecule has 0 bridgehead atoms. The van der Waals surface area contributed by atoms with Gasteiger partial charge in [0.15, 0.2) is 17.5 Å². The molecule has 2 atom stereocenters. The Morgan fingerprint density at radius 1 is 0.821 bits per heavy atom. The summed E-state index contributed by atoms with van der Waals surface area (Å²) in [6.45, 7) is 2.89. The zero-order valence-electron chi connectivity index (χ0n) is 22.2. The van der Waals surface area contributed by atoms with E-state index in [1.54, 1.807) is 0 Å². The van der Waals surface area contributed by atoms with Crippen LogP contribution in [0.4, 0.5) is 26.3 Å². The Hall–Kier alpha value is -2.48. The number of alkyl halides is 2. The maximum Gasteiger partial charge on any atom is 0.400 e. The summed E-state index contributed by atoms with van der Waals surface area (Å²) in [5, 5.41) is 0. The third-order valence-corrected chi connectivity index (χ3v) is 8.04. The van der Waals surface area contributed by atoms with Gasteiger partial charge in [-0.2, -0.15) is 8.78 Å². The molecule has 0 heterocycles. The normalized spacial score (nSPS) is 23.7. The van der Waals surface area contributed by atoms with Crippen molar-refractivity contribution in [2.75, 3.05) is 6.61 Å². The van der Waals surface area contributed by atoms with Gasteiger partial charge in [0.2, 0.25) is 0 Å². The first-order valence-corrected chi connectivity index (χ1v) is 13.9. The number of aryl methyl sites for hydroxylation is 2. The smallest absolute Gasteiger partial charge is 0.400 e. The van der Waals surface area contributed by atoms with Crippen molar-refractivity contribution in [3.05, 3.63) is 76.9 Å². The predicted molar refractivity (Wildman–Crippen MR) is 138 cm³/mol. The summed E-state index contributed by atoms with van der Waals surface area (Å²) >= 11 is 0. The summed E-state index contributed by atoms with van der Waals surface area (Å²) in [5.41, 5.74) is 0.340. The molecule has 0 aliphatic heterocycles. The fourth-order valence-electron chi connectivity index (χ4n) is 5.68. The summed E-state index contributed by atoms with van der Waals surface area (Å²) in [5.74, 6) is -5.42. The Morgan fingerprint density at radius 3 is 2.15 bits per heavy atom. The van der Waals surface area contributed by atoms with Crippen LogP contribution in [-0.4, -0.2) is 18.8 Å². The molecular formula is C31H36F6O2. The van der Waals surface area contributed by atoms with E-state index in [0.29, 0.717) is 37.5 Å². The van der Waals surface area contributed by atoms with Crippen LogP contribution in [0.15, 0.2) is 42.5 Å². The van der Waals surface area contributed by atoms with Gasteiger partial charge in [0, 0.05) is 12.7 Å². The molecule has 0 N–H and O–H groups in total. The SMILES string of the molecule is CCCCOC1C=CC(C2CCC(C(F)(F)Oc3ccc(CCc4cc(F)c(F)c(F)c4)c(F)c3)CC2)CC1. The van der Waals surface area contributed by atoms with E-state index in [1.807, 2.05) is 0 Å². The Labute approximate surface area is 226 Å². The van der Waals surface area contributed by atoms with Crippen LogP contribution in [0.5, 0.6) is 5.75 Å². The molecule has 2 aromatic rings. The highest BCUT2D eigenvalue weighted by Crippen LogP contribution is 2.44. The lowest BCUT2D eigenvalue weighted by atomic mass is 9.72. The number of ether oxygens (including phenoxy) is 2. The molecule has 2 aromatic carbocycles. The van der Waals surface area contributed by atoms with Crippen LogP contribution >= 0.6 is 0 Å². The van der Waals surface area contributed by atoms with Crippen LogP contribution in [0.2, 0.25) is 0 Å². The first kappa shape index (κ1) is 29.5. The van der Waals surface area contributed by atoms with Crippen LogP contribution in [-0.2, 0) is 17.6 Å². The van der Waals surface area contributed by atoms with Gasteiger partial charge < -0.3 is 9.47 Å². The summed E-state index contributed by atoms with van der Waals surface area (Å²) < 4.78 is 95.4. The number of benzene rings is 2. The van der Waals surface area contributed by atoms with Crippen molar-refractivity contribution < 1.29 is 35.8 Å². The summed E-state index contributed by atoms with van der Waals surface area (Å²) in [6, 6.07) is 5.21. The van der Waals surface area contributed by atoms with Crippen molar-refractivity contribution in [3.63, 3.8) is 0 Å². The summed E-state index contributed by atoms with van der Waals surface area (Å²) in [4.78, 5) is 0. The molecule has 214 valence electrons. The molecule has 2 unspecified atom stereocenters. The molecule has 0 saturated heterocycles. The van der Waals surface area contributed by atoms with Gasteiger partial charge in [-0.1, -0.05) is 31.6 Å². The van der Waals surface area contributed by atoms with E-state index in [9.17, 15) is 26.3 Å². The molecule has 1 fully saturated rings. The molecule has 39 heavy (non-hydrogen) atoms. The Bertz CT molecular complexity index is 1100. The van der Waals surface area contributed by atoms with Crippen molar-refractivity contribution in [3.8, 4) is 5.75 Å². The third kappa shape index (κ3) is 7.80. The fraction of sp³-hybridized carbons (Fsp3) is 0.548. The molecule has 4 rings (SSSR count). The lowest BCUT2D eigenvalue weighted by Crippen LogP contribution is -2.38. The van der Waals surface area contributed by atoms with Crippen molar-refractivity contribution >= 4 is 0 Å². The molecule has 2 aliphatic carbocycles. The second-order valence-electron chi connectivity index (χ2n) is 10.8. The van der Waals surface area contributed by atoms with Gasteiger partial charge in [-0.15, -0.1) is 0 Å². The average Bonchev–Trinajstić information content (AvgIpc) is 2.91. The highest BCUT2D eigenvalue weighted by atomic mass is 19.3. The Balaban J connectivity index is 1.27. The maximum absolute atomic E-state index is 15.0. The zero-order chi connectivity index (χ0) is 28.0. The molecule has 1 saturated carbocycles. The van der Waals surface area contributed by atoms with Gasteiger partial charge >= 0.3 is 6.11 Å².